The van der Waals surface area contributed by atoms with Crippen molar-refractivity contribution >= 4 is 5.82 Å². The second-order valence-electron chi connectivity index (χ2n) is 3.88. The maximum atomic E-state index is 12.4. The van der Waals surface area contributed by atoms with Crippen molar-refractivity contribution in [2.24, 2.45) is 0 Å². The largest absolute Gasteiger partial charge is 0.405 e. The molecule has 0 saturated carbocycles. The lowest BCUT2D eigenvalue weighted by Crippen LogP contribution is -2.36. The van der Waals surface area contributed by atoms with Gasteiger partial charge in [0.25, 0.3) is 0 Å². The number of hydrogen-bond donors (Lipinski definition) is 1. The van der Waals surface area contributed by atoms with Gasteiger partial charge in [-0.3, -0.25) is 0 Å². The number of aliphatic hydroxyl groups is 1. The first-order chi connectivity index (χ1) is 8.46. The molecule has 0 fully saturated rings. The molecule has 0 radical (unpaired) electrons. The molecule has 1 N–H and O–H groups in total. The van der Waals surface area contributed by atoms with Gasteiger partial charge in [0.15, 0.2) is 0 Å². The third kappa shape index (κ3) is 4.87. The Kier molecular flexibility index (Phi) is 5.33. The molecule has 7 heteroatoms. The van der Waals surface area contributed by atoms with Crippen LogP contribution in [0.25, 0.3) is 0 Å². The Morgan fingerprint density at radius 3 is 2.61 bits per heavy atom. The summed E-state index contributed by atoms with van der Waals surface area (Å²) in [6.07, 6.45) is -1.53. The average Bonchev–Trinajstić information content (AvgIpc) is 2.28. The van der Waals surface area contributed by atoms with E-state index in [0.29, 0.717) is 12.1 Å². The molecule has 102 valence electrons. The summed E-state index contributed by atoms with van der Waals surface area (Å²) < 4.78 is 37.2. The Morgan fingerprint density at radius 1 is 1.33 bits per heavy atom. The molecule has 1 heterocycles. The molecule has 0 aliphatic heterocycles. The van der Waals surface area contributed by atoms with Gasteiger partial charge >= 0.3 is 6.18 Å². The van der Waals surface area contributed by atoms with Crippen molar-refractivity contribution in [1.82, 2.24) is 9.97 Å². The van der Waals surface area contributed by atoms with Gasteiger partial charge in [-0.2, -0.15) is 13.2 Å². The van der Waals surface area contributed by atoms with Crippen molar-refractivity contribution < 1.29 is 18.3 Å². The van der Waals surface area contributed by atoms with Crippen molar-refractivity contribution in [2.75, 3.05) is 24.6 Å². The molecule has 1 aromatic heterocycles. The molecule has 0 unspecified atom stereocenters. The second-order valence-corrected chi connectivity index (χ2v) is 3.88. The van der Waals surface area contributed by atoms with Crippen LogP contribution in [0.15, 0.2) is 12.4 Å². The third-order valence-corrected chi connectivity index (χ3v) is 2.28. The van der Waals surface area contributed by atoms with E-state index in [1.165, 1.54) is 12.4 Å². The number of aromatic nitrogens is 2. The third-order valence-electron chi connectivity index (χ3n) is 2.28. The van der Waals surface area contributed by atoms with Crippen LogP contribution in [-0.2, 0) is 6.42 Å². The van der Waals surface area contributed by atoms with E-state index in [1.54, 1.807) is 0 Å². The SMILES string of the molecule is CCCc1cc(N(CCO)CC(F)(F)F)ncn1. The van der Waals surface area contributed by atoms with Crippen LogP contribution in [0.5, 0.6) is 0 Å². The molecule has 0 atom stereocenters. The number of rotatable bonds is 6. The Morgan fingerprint density at radius 2 is 2.06 bits per heavy atom. The molecule has 1 rings (SSSR count). The first-order valence-electron chi connectivity index (χ1n) is 5.69. The topological polar surface area (TPSA) is 49.2 Å². The zero-order chi connectivity index (χ0) is 13.6. The first kappa shape index (κ1) is 14.7. The molecule has 1 aromatic rings. The van der Waals surface area contributed by atoms with E-state index in [0.717, 1.165) is 11.3 Å². The fraction of sp³-hybridized carbons (Fsp3) is 0.636. The summed E-state index contributed by atoms with van der Waals surface area (Å²) in [7, 11) is 0. The Hall–Kier alpha value is -1.37. The molecule has 0 aliphatic carbocycles. The molecule has 4 nitrogen and oxygen atoms in total. The van der Waals surface area contributed by atoms with Crippen LogP contribution >= 0.6 is 0 Å². The van der Waals surface area contributed by atoms with Crippen LogP contribution < -0.4 is 4.90 Å². The van der Waals surface area contributed by atoms with Gasteiger partial charge < -0.3 is 10.0 Å². The lowest BCUT2D eigenvalue weighted by Gasteiger charge is -2.24. The zero-order valence-corrected chi connectivity index (χ0v) is 10.1. The van der Waals surface area contributed by atoms with Crippen LogP contribution in [0.4, 0.5) is 19.0 Å². The van der Waals surface area contributed by atoms with E-state index < -0.39 is 12.7 Å². The summed E-state index contributed by atoms with van der Waals surface area (Å²) >= 11 is 0. The minimum Gasteiger partial charge on any atom is -0.395 e. The number of hydrogen-bond acceptors (Lipinski definition) is 4. The highest BCUT2D eigenvalue weighted by molar-refractivity contribution is 5.39. The highest BCUT2D eigenvalue weighted by atomic mass is 19.4. The molecule has 0 amide bonds. The van der Waals surface area contributed by atoms with Gasteiger partial charge in [-0.05, 0) is 6.42 Å². The van der Waals surface area contributed by atoms with Crippen molar-refractivity contribution in [3.8, 4) is 0 Å². The van der Waals surface area contributed by atoms with Crippen molar-refractivity contribution in [3.63, 3.8) is 0 Å². The first-order valence-corrected chi connectivity index (χ1v) is 5.69. The molecule has 0 aromatic carbocycles. The number of aryl methyl sites for hydroxylation is 1. The maximum absolute atomic E-state index is 12.4. The van der Waals surface area contributed by atoms with Crippen molar-refractivity contribution in [3.05, 3.63) is 18.1 Å². The lowest BCUT2D eigenvalue weighted by molar-refractivity contribution is -0.120. The number of alkyl halides is 3. The predicted molar refractivity (Wildman–Crippen MR) is 61.4 cm³/mol. The lowest BCUT2D eigenvalue weighted by atomic mass is 10.2. The van der Waals surface area contributed by atoms with E-state index in [9.17, 15) is 13.2 Å². The van der Waals surface area contributed by atoms with Gasteiger partial charge in [0.05, 0.1) is 6.61 Å². The summed E-state index contributed by atoms with van der Waals surface area (Å²) in [4.78, 5) is 8.82. The predicted octanol–water partition coefficient (Wildman–Crippen LogP) is 1.79. The van der Waals surface area contributed by atoms with Crippen LogP contribution in [-0.4, -0.2) is 40.9 Å². The fourth-order valence-electron chi connectivity index (χ4n) is 1.56. The molecule has 18 heavy (non-hydrogen) atoms. The number of anilines is 1. The second kappa shape index (κ2) is 6.53. The molecule has 0 bridgehead atoms. The Labute approximate surface area is 103 Å². The van der Waals surface area contributed by atoms with Gasteiger partial charge in [-0.1, -0.05) is 13.3 Å². The zero-order valence-electron chi connectivity index (χ0n) is 10.1. The van der Waals surface area contributed by atoms with Gasteiger partial charge in [0, 0.05) is 18.3 Å². The van der Waals surface area contributed by atoms with E-state index in [2.05, 4.69) is 9.97 Å². The molecular formula is C11H16F3N3O. The van der Waals surface area contributed by atoms with Gasteiger partial charge in [-0.15, -0.1) is 0 Å². The van der Waals surface area contributed by atoms with Crippen LogP contribution in [0.1, 0.15) is 19.0 Å². The quantitative estimate of drug-likeness (QED) is 0.850. The minimum absolute atomic E-state index is 0.109. The minimum atomic E-state index is -4.33. The Balaban J connectivity index is 2.87. The van der Waals surface area contributed by atoms with Gasteiger partial charge in [0.1, 0.15) is 18.7 Å². The standard InChI is InChI=1S/C11H16F3N3O/c1-2-3-9-6-10(16-8-15-9)17(4-5-18)7-11(12,13)14/h6,8,18H,2-5,7H2,1H3. The highest BCUT2D eigenvalue weighted by Crippen LogP contribution is 2.20. The number of halogens is 3. The molecular weight excluding hydrogens is 247 g/mol. The van der Waals surface area contributed by atoms with Gasteiger partial charge in [0.2, 0.25) is 0 Å². The van der Waals surface area contributed by atoms with E-state index in [-0.39, 0.29) is 19.0 Å². The Bertz CT molecular complexity index is 371. The molecule has 0 saturated heterocycles. The van der Waals surface area contributed by atoms with E-state index in [1.807, 2.05) is 6.92 Å². The highest BCUT2D eigenvalue weighted by Gasteiger charge is 2.31. The molecule has 0 aliphatic rings. The smallest absolute Gasteiger partial charge is 0.395 e. The normalized spacial score (nSPS) is 11.6. The monoisotopic (exact) mass is 263 g/mol. The number of nitrogens with zero attached hydrogens (tertiary/aromatic N) is 3. The van der Waals surface area contributed by atoms with Crippen LogP contribution in [0.2, 0.25) is 0 Å². The summed E-state index contributed by atoms with van der Waals surface area (Å²) in [5.41, 5.74) is 0.701. The number of aliphatic hydroxyl groups excluding tert-OH is 1. The summed E-state index contributed by atoms with van der Waals surface area (Å²) in [6, 6.07) is 1.53. The summed E-state index contributed by atoms with van der Waals surface area (Å²) in [6.45, 7) is 0.365. The maximum Gasteiger partial charge on any atom is 0.405 e. The van der Waals surface area contributed by atoms with E-state index >= 15 is 0 Å². The summed E-state index contributed by atoms with van der Waals surface area (Å²) in [5.74, 6) is 0.194. The summed E-state index contributed by atoms with van der Waals surface area (Å²) in [5, 5.41) is 8.82. The van der Waals surface area contributed by atoms with Gasteiger partial charge in [-0.25, -0.2) is 9.97 Å². The molecule has 0 spiro atoms. The fourth-order valence-corrected chi connectivity index (χ4v) is 1.56. The van der Waals surface area contributed by atoms with Crippen molar-refractivity contribution in [2.45, 2.75) is 25.9 Å². The van der Waals surface area contributed by atoms with E-state index in [4.69, 9.17) is 5.11 Å². The van der Waals surface area contributed by atoms with Crippen LogP contribution in [0, 0.1) is 0 Å². The van der Waals surface area contributed by atoms with Crippen LogP contribution in [0.3, 0.4) is 0 Å². The van der Waals surface area contributed by atoms with Crippen molar-refractivity contribution in [1.29, 1.82) is 0 Å². The average molecular weight is 263 g/mol.